The number of pyridine rings is 1. The van der Waals surface area contributed by atoms with Crippen LogP contribution in [0.5, 0.6) is 5.75 Å². The Labute approximate surface area is 254 Å². The van der Waals surface area contributed by atoms with Crippen molar-refractivity contribution in [3.63, 3.8) is 0 Å². The molecule has 226 valence electrons. The number of rotatable bonds is 9. The number of piperidine rings is 1. The number of nitrogens with zero attached hydrogens (tertiary/aromatic N) is 4. The summed E-state index contributed by atoms with van der Waals surface area (Å²) in [7, 11) is 2.22. The molecule has 10 heteroatoms. The van der Waals surface area contributed by atoms with Crippen molar-refractivity contribution in [2.75, 3.05) is 67.5 Å². The number of methoxy groups -OCH3 is 1. The molecule has 2 aromatic carbocycles. The Morgan fingerprint density at radius 2 is 1.86 bits per heavy atom. The van der Waals surface area contributed by atoms with Crippen molar-refractivity contribution in [1.29, 1.82) is 0 Å². The van der Waals surface area contributed by atoms with Crippen LogP contribution in [0.1, 0.15) is 25.5 Å². The highest BCUT2D eigenvalue weighted by Gasteiger charge is 2.21. The lowest BCUT2D eigenvalue weighted by atomic mass is 10.0. The van der Waals surface area contributed by atoms with E-state index in [0.717, 1.165) is 55.2 Å². The first-order valence-electron chi connectivity index (χ1n) is 14.6. The zero-order valence-electron chi connectivity index (χ0n) is 25.5. The van der Waals surface area contributed by atoms with Crippen LogP contribution in [0.4, 0.5) is 22.9 Å². The summed E-state index contributed by atoms with van der Waals surface area (Å²) in [6.45, 7) is 5.30. The number of nitrogens with one attached hydrogen (secondary N) is 2. The average molecular weight is 601 g/mol. The maximum absolute atomic E-state index is 11.9. The molecule has 9 nitrogen and oxygen atoms in total. The SMILES string of the molecule is CCn1c(C#CCNc2ccc(S(C)(=O)=O)cc2OC)cc2c(NC3CCN(c4ccc(N(C)C)nc4)CC3)cccc21. The van der Waals surface area contributed by atoms with Gasteiger partial charge in [0.15, 0.2) is 9.84 Å². The molecule has 1 aliphatic heterocycles. The fourth-order valence-corrected chi connectivity index (χ4v) is 6.15. The van der Waals surface area contributed by atoms with E-state index in [0.29, 0.717) is 24.0 Å². The number of sulfone groups is 1. The van der Waals surface area contributed by atoms with Gasteiger partial charge in [-0.3, -0.25) is 0 Å². The lowest BCUT2D eigenvalue weighted by Crippen LogP contribution is -2.39. The van der Waals surface area contributed by atoms with Crippen LogP contribution in [0.3, 0.4) is 0 Å². The summed E-state index contributed by atoms with van der Waals surface area (Å²) in [5.74, 6) is 7.99. The van der Waals surface area contributed by atoms with Crippen molar-refractivity contribution < 1.29 is 13.2 Å². The first-order chi connectivity index (χ1) is 20.7. The summed E-state index contributed by atoms with van der Waals surface area (Å²) in [5.41, 5.74) is 5.12. The normalized spacial score (nSPS) is 13.8. The Morgan fingerprint density at radius 3 is 2.51 bits per heavy atom. The summed E-state index contributed by atoms with van der Waals surface area (Å²) < 4.78 is 31.4. The zero-order chi connectivity index (χ0) is 30.6. The quantitative estimate of drug-likeness (QED) is 0.257. The van der Waals surface area contributed by atoms with Gasteiger partial charge in [-0.25, -0.2) is 13.4 Å². The summed E-state index contributed by atoms with van der Waals surface area (Å²) >= 11 is 0. The Bertz CT molecular complexity index is 1750. The molecule has 1 fully saturated rings. The van der Waals surface area contributed by atoms with Crippen LogP contribution in [-0.2, 0) is 16.4 Å². The number of hydrogen-bond acceptors (Lipinski definition) is 8. The third-order valence-electron chi connectivity index (χ3n) is 7.86. The molecule has 43 heavy (non-hydrogen) atoms. The molecule has 2 aromatic heterocycles. The third-order valence-corrected chi connectivity index (χ3v) is 8.97. The molecule has 0 unspecified atom stereocenters. The van der Waals surface area contributed by atoms with E-state index in [1.165, 1.54) is 30.5 Å². The number of anilines is 4. The molecule has 0 amide bonds. The highest BCUT2D eigenvalue weighted by molar-refractivity contribution is 7.90. The minimum absolute atomic E-state index is 0.218. The highest BCUT2D eigenvalue weighted by atomic mass is 32.2. The summed E-state index contributed by atoms with van der Waals surface area (Å²) in [6, 6.07) is 18.0. The van der Waals surface area contributed by atoms with Gasteiger partial charge in [0.1, 0.15) is 11.6 Å². The maximum atomic E-state index is 11.9. The molecule has 1 saturated heterocycles. The lowest BCUT2D eigenvalue weighted by Gasteiger charge is -2.34. The molecule has 1 aliphatic rings. The molecule has 3 heterocycles. The second-order valence-electron chi connectivity index (χ2n) is 11.0. The van der Waals surface area contributed by atoms with Gasteiger partial charge in [-0.2, -0.15) is 0 Å². The third kappa shape index (κ3) is 6.83. The average Bonchev–Trinajstić information content (AvgIpc) is 3.37. The predicted molar refractivity (Wildman–Crippen MR) is 177 cm³/mol. The van der Waals surface area contributed by atoms with Crippen molar-refractivity contribution in [2.45, 2.75) is 37.2 Å². The number of aromatic nitrogens is 2. The predicted octanol–water partition coefficient (Wildman–Crippen LogP) is 5.08. The molecule has 0 radical (unpaired) electrons. The molecular weight excluding hydrogens is 560 g/mol. The largest absolute Gasteiger partial charge is 0.495 e. The number of benzene rings is 2. The van der Waals surface area contributed by atoms with E-state index >= 15 is 0 Å². The van der Waals surface area contributed by atoms with Crippen molar-refractivity contribution in [2.24, 2.45) is 0 Å². The van der Waals surface area contributed by atoms with E-state index in [-0.39, 0.29) is 4.90 Å². The Balaban J connectivity index is 1.26. The molecule has 0 saturated carbocycles. The van der Waals surface area contributed by atoms with Crippen LogP contribution in [0, 0.1) is 11.8 Å². The van der Waals surface area contributed by atoms with E-state index in [1.54, 1.807) is 12.1 Å². The van der Waals surface area contributed by atoms with E-state index in [2.05, 4.69) is 80.2 Å². The lowest BCUT2D eigenvalue weighted by molar-refractivity contribution is 0.415. The Morgan fingerprint density at radius 1 is 1.07 bits per heavy atom. The topological polar surface area (TPSA) is 91.7 Å². The van der Waals surface area contributed by atoms with Gasteiger partial charge < -0.3 is 29.7 Å². The highest BCUT2D eigenvalue weighted by Crippen LogP contribution is 2.30. The fourth-order valence-electron chi connectivity index (χ4n) is 5.51. The van der Waals surface area contributed by atoms with Gasteiger partial charge in [-0.15, -0.1) is 0 Å². The summed E-state index contributed by atoms with van der Waals surface area (Å²) in [5, 5.41) is 8.24. The van der Waals surface area contributed by atoms with E-state index in [4.69, 9.17) is 4.74 Å². The second kappa shape index (κ2) is 12.9. The second-order valence-corrected chi connectivity index (χ2v) is 13.0. The monoisotopic (exact) mass is 600 g/mol. The van der Waals surface area contributed by atoms with Crippen molar-refractivity contribution in [3.05, 3.63) is 66.5 Å². The van der Waals surface area contributed by atoms with Crippen LogP contribution in [-0.4, -0.2) is 71.1 Å². The maximum Gasteiger partial charge on any atom is 0.175 e. The van der Waals surface area contributed by atoms with Gasteiger partial charge in [-0.05, 0) is 68.2 Å². The molecule has 2 N–H and O–H groups in total. The number of ether oxygens (including phenoxy) is 1. The molecule has 0 bridgehead atoms. The van der Waals surface area contributed by atoms with E-state index in [9.17, 15) is 8.42 Å². The first-order valence-corrected chi connectivity index (χ1v) is 16.4. The van der Waals surface area contributed by atoms with Crippen molar-refractivity contribution in [3.8, 4) is 17.6 Å². The smallest absolute Gasteiger partial charge is 0.175 e. The number of fused-ring (bicyclic) bond motifs is 1. The van der Waals surface area contributed by atoms with Crippen LogP contribution < -0.4 is 25.2 Å². The van der Waals surface area contributed by atoms with E-state index in [1.807, 2.05) is 25.2 Å². The Hall–Kier alpha value is -4.36. The molecule has 0 aliphatic carbocycles. The zero-order valence-corrected chi connectivity index (χ0v) is 26.3. The van der Waals surface area contributed by atoms with Crippen LogP contribution >= 0.6 is 0 Å². The van der Waals surface area contributed by atoms with Gasteiger partial charge in [0, 0.05) is 63.2 Å². The van der Waals surface area contributed by atoms with Crippen LogP contribution in [0.15, 0.2) is 65.7 Å². The van der Waals surface area contributed by atoms with Gasteiger partial charge in [0.2, 0.25) is 0 Å². The van der Waals surface area contributed by atoms with Gasteiger partial charge in [0.05, 0.1) is 47.3 Å². The first kappa shape index (κ1) is 30.1. The van der Waals surface area contributed by atoms with Crippen molar-refractivity contribution in [1.82, 2.24) is 9.55 Å². The van der Waals surface area contributed by atoms with Crippen molar-refractivity contribution >= 4 is 43.6 Å². The van der Waals surface area contributed by atoms with E-state index < -0.39 is 9.84 Å². The number of aryl methyl sites for hydroxylation is 1. The van der Waals surface area contributed by atoms with Crippen LogP contribution in [0.25, 0.3) is 10.9 Å². The summed E-state index contributed by atoms with van der Waals surface area (Å²) in [6.07, 6.45) is 5.25. The molecule has 0 atom stereocenters. The number of hydrogen-bond donors (Lipinski definition) is 2. The van der Waals surface area contributed by atoms with Gasteiger partial charge in [-0.1, -0.05) is 12.0 Å². The van der Waals surface area contributed by atoms with Gasteiger partial charge >= 0.3 is 0 Å². The van der Waals surface area contributed by atoms with Crippen LogP contribution in [0.2, 0.25) is 0 Å². The summed E-state index contributed by atoms with van der Waals surface area (Å²) in [4.78, 5) is 9.23. The molecular formula is C33H40N6O3S. The fraction of sp³-hybridized carbons (Fsp3) is 0.364. The molecule has 4 aromatic rings. The molecule has 5 rings (SSSR count). The van der Waals surface area contributed by atoms with Gasteiger partial charge in [0.25, 0.3) is 0 Å². The molecule has 0 spiro atoms. The standard InChI is InChI=1S/C33H40N6O3S/c1-6-39-25(9-8-18-34-30-14-13-27(43(5,40)41)22-32(30)42-4)21-28-29(10-7-11-31(28)39)36-24-16-19-38(20-17-24)26-12-15-33(35-23-26)37(2)3/h7,10-15,21-24,34,36H,6,16-20H2,1-5H3. The minimum Gasteiger partial charge on any atom is -0.495 e. The Kier molecular flexibility index (Phi) is 9.02. The minimum atomic E-state index is -3.31.